The highest BCUT2D eigenvalue weighted by molar-refractivity contribution is 6.08. The average Bonchev–Trinajstić information content (AvgIpc) is 3.12. The Kier molecular flexibility index (Phi) is 4.61. The van der Waals surface area contributed by atoms with Crippen molar-refractivity contribution in [3.8, 4) is 0 Å². The summed E-state index contributed by atoms with van der Waals surface area (Å²) in [4.78, 5) is 16.6. The number of anilines is 1. The number of likely N-dealkylation sites (N-methyl/N-ethyl adjacent to an activating group) is 1. The standard InChI is InChI=1S/C19H19N5O/c1-13(20-3)9-14(2)24-12-16(11-22-24)19(25)23-18-6-4-5-15-10-21-8-7-17(15)18/h4-12,20H,1H2,2-3H3,(H,23,25)/b14-9-. The van der Waals surface area contributed by atoms with Gasteiger partial charge in [0.25, 0.3) is 5.91 Å². The number of aromatic nitrogens is 3. The summed E-state index contributed by atoms with van der Waals surface area (Å²) in [6, 6.07) is 7.59. The third-order valence-corrected chi connectivity index (χ3v) is 3.84. The fourth-order valence-electron chi connectivity index (χ4n) is 2.45. The number of rotatable bonds is 5. The van der Waals surface area contributed by atoms with Crippen LogP contribution in [0.3, 0.4) is 0 Å². The van der Waals surface area contributed by atoms with Gasteiger partial charge in [-0.25, -0.2) is 4.68 Å². The number of nitrogens with zero attached hydrogens (tertiary/aromatic N) is 3. The number of nitrogens with one attached hydrogen (secondary N) is 2. The van der Waals surface area contributed by atoms with E-state index < -0.39 is 0 Å². The van der Waals surface area contributed by atoms with Gasteiger partial charge in [-0.1, -0.05) is 18.7 Å². The van der Waals surface area contributed by atoms with Crippen LogP contribution >= 0.6 is 0 Å². The highest BCUT2D eigenvalue weighted by Gasteiger charge is 2.11. The summed E-state index contributed by atoms with van der Waals surface area (Å²) in [6.45, 7) is 5.75. The first-order valence-electron chi connectivity index (χ1n) is 7.82. The van der Waals surface area contributed by atoms with Crippen molar-refractivity contribution < 1.29 is 4.79 Å². The number of carbonyl (C=O) groups excluding carboxylic acids is 1. The SMILES string of the molecule is C=C(/C=C(/C)n1cc(C(=O)Nc2cccc3cnccc23)cn1)NC. The maximum Gasteiger partial charge on any atom is 0.258 e. The van der Waals surface area contributed by atoms with E-state index in [1.807, 2.05) is 37.3 Å². The number of hydrogen-bond donors (Lipinski definition) is 2. The molecule has 3 rings (SSSR count). The van der Waals surface area contributed by atoms with Crippen LogP contribution in [0.2, 0.25) is 0 Å². The van der Waals surface area contributed by atoms with E-state index in [9.17, 15) is 4.79 Å². The van der Waals surface area contributed by atoms with Gasteiger partial charge in [0.1, 0.15) is 0 Å². The lowest BCUT2D eigenvalue weighted by molar-refractivity contribution is 0.102. The van der Waals surface area contributed by atoms with Crippen LogP contribution < -0.4 is 10.6 Å². The second-order valence-electron chi connectivity index (χ2n) is 5.59. The van der Waals surface area contributed by atoms with E-state index in [1.165, 1.54) is 0 Å². The van der Waals surface area contributed by atoms with E-state index in [4.69, 9.17) is 0 Å². The van der Waals surface area contributed by atoms with Gasteiger partial charge >= 0.3 is 0 Å². The third kappa shape index (κ3) is 3.58. The number of pyridine rings is 1. The van der Waals surface area contributed by atoms with Gasteiger partial charge in [-0.2, -0.15) is 5.10 Å². The number of carbonyl (C=O) groups is 1. The van der Waals surface area contributed by atoms with Gasteiger partial charge in [0.2, 0.25) is 0 Å². The molecule has 2 N–H and O–H groups in total. The van der Waals surface area contributed by atoms with E-state index in [1.54, 1.807) is 36.5 Å². The monoisotopic (exact) mass is 333 g/mol. The van der Waals surface area contributed by atoms with Crippen molar-refractivity contribution >= 4 is 28.1 Å². The molecule has 0 unspecified atom stereocenters. The first kappa shape index (κ1) is 16.4. The number of allylic oxidation sites excluding steroid dienone is 2. The first-order chi connectivity index (χ1) is 12.1. The van der Waals surface area contributed by atoms with Crippen LogP contribution in [0.25, 0.3) is 16.5 Å². The van der Waals surface area contributed by atoms with Crippen molar-refractivity contribution in [2.45, 2.75) is 6.92 Å². The average molecular weight is 333 g/mol. The Hall–Kier alpha value is -3.41. The smallest absolute Gasteiger partial charge is 0.258 e. The summed E-state index contributed by atoms with van der Waals surface area (Å²) in [7, 11) is 1.80. The molecule has 1 aromatic carbocycles. The van der Waals surface area contributed by atoms with Crippen LogP contribution in [0.4, 0.5) is 5.69 Å². The Labute approximate surface area is 145 Å². The zero-order valence-corrected chi connectivity index (χ0v) is 14.2. The minimum Gasteiger partial charge on any atom is -0.389 e. The number of amides is 1. The van der Waals surface area contributed by atoms with Crippen molar-refractivity contribution in [1.29, 1.82) is 0 Å². The molecule has 6 heteroatoms. The predicted molar refractivity (Wildman–Crippen MR) is 100 cm³/mol. The number of benzene rings is 1. The molecular weight excluding hydrogens is 314 g/mol. The molecule has 0 fully saturated rings. The van der Waals surface area contributed by atoms with Crippen LogP contribution in [0.1, 0.15) is 17.3 Å². The fraction of sp³-hybridized carbons (Fsp3) is 0.105. The van der Waals surface area contributed by atoms with Gasteiger partial charge in [-0.15, -0.1) is 0 Å². The van der Waals surface area contributed by atoms with Gasteiger partial charge in [-0.3, -0.25) is 9.78 Å². The van der Waals surface area contributed by atoms with Gasteiger partial charge < -0.3 is 10.6 Å². The molecule has 0 aliphatic rings. The molecule has 0 atom stereocenters. The quantitative estimate of drug-likeness (QED) is 0.703. The molecule has 3 aromatic rings. The molecule has 0 aliphatic carbocycles. The summed E-state index contributed by atoms with van der Waals surface area (Å²) in [5.41, 5.74) is 2.85. The second-order valence-corrected chi connectivity index (χ2v) is 5.59. The first-order valence-corrected chi connectivity index (χ1v) is 7.82. The zero-order chi connectivity index (χ0) is 17.8. The molecule has 126 valence electrons. The van der Waals surface area contributed by atoms with E-state index in [-0.39, 0.29) is 5.91 Å². The van der Waals surface area contributed by atoms with Crippen molar-refractivity contribution in [1.82, 2.24) is 20.1 Å². The molecule has 0 spiro atoms. The largest absolute Gasteiger partial charge is 0.389 e. The summed E-state index contributed by atoms with van der Waals surface area (Å²) < 4.78 is 1.64. The van der Waals surface area contributed by atoms with Crippen LogP contribution in [0.5, 0.6) is 0 Å². The molecule has 0 radical (unpaired) electrons. The molecule has 2 aromatic heterocycles. The Morgan fingerprint density at radius 2 is 2.12 bits per heavy atom. The highest BCUT2D eigenvalue weighted by Crippen LogP contribution is 2.22. The van der Waals surface area contributed by atoms with E-state index in [0.29, 0.717) is 5.56 Å². The Morgan fingerprint density at radius 3 is 2.92 bits per heavy atom. The Bertz CT molecular complexity index is 965. The Morgan fingerprint density at radius 1 is 1.28 bits per heavy atom. The summed E-state index contributed by atoms with van der Waals surface area (Å²) in [6.07, 6.45) is 8.56. The second kappa shape index (κ2) is 7.00. The van der Waals surface area contributed by atoms with Crippen molar-refractivity contribution in [2.75, 3.05) is 12.4 Å². The maximum absolute atomic E-state index is 12.5. The molecule has 0 aliphatic heterocycles. The van der Waals surface area contributed by atoms with E-state index in [2.05, 4.69) is 27.3 Å². The van der Waals surface area contributed by atoms with Crippen LogP contribution in [0.15, 0.2) is 67.4 Å². The zero-order valence-electron chi connectivity index (χ0n) is 14.2. The summed E-state index contributed by atoms with van der Waals surface area (Å²) in [5, 5.41) is 12.0. The molecule has 2 heterocycles. The minimum atomic E-state index is -0.212. The molecule has 1 amide bonds. The highest BCUT2D eigenvalue weighted by atomic mass is 16.1. The lowest BCUT2D eigenvalue weighted by Gasteiger charge is -2.07. The van der Waals surface area contributed by atoms with Crippen LogP contribution in [-0.4, -0.2) is 27.7 Å². The van der Waals surface area contributed by atoms with Gasteiger partial charge in [-0.05, 0) is 25.1 Å². The molecule has 25 heavy (non-hydrogen) atoms. The fourth-order valence-corrected chi connectivity index (χ4v) is 2.45. The van der Waals surface area contributed by atoms with E-state index >= 15 is 0 Å². The van der Waals surface area contributed by atoms with Crippen molar-refractivity contribution in [3.63, 3.8) is 0 Å². The van der Waals surface area contributed by atoms with Gasteiger partial charge in [0.15, 0.2) is 0 Å². The molecule has 6 nitrogen and oxygen atoms in total. The summed E-state index contributed by atoms with van der Waals surface area (Å²) in [5.74, 6) is -0.212. The maximum atomic E-state index is 12.5. The lowest BCUT2D eigenvalue weighted by Crippen LogP contribution is -2.11. The lowest BCUT2D eigenvalue weighted by atomic mass is 10.1. The number of fused-ring (bicyclic) bond motifs is 1. The molecular formula is C19H19N5O. The minimum absolute atomic E-state index is 0.212. The normalized spacial score (nSPS) is 11.4. The Balaban J connectivity index is 1.82. The molecule has 0 bridgehead atoms. The number of hydrogen-bond acceptors (Lipinski definition) is 4. The van der Waals surface area contributed by atoms with Gasteiger partial charge in [0.05, 0.1) is 11.8 Å². The van der Waals surface area contributed by atoms with Crippen molar-refractivity contribution in [3.05, 3.63) is 73.0 Å². The third-order valence-electron chi connectivity index (χ3n) is 3.84. The van der Waals surface area contributed by atoms with Crippen LogP contribution in [0, 0.1) is 0 Å². The topological polar surface area (TPSA) is 71.8 Å². The van der Waals surface area contributed by atoms with Crippen molar-refractivity contribution in [2.24, 2.45) is 0 Å². The summed E-state index contributed by atoms with van der Waals surface area (Å²) >= 11 is 0. The molecule has 0 saturated heterocycles. The predicted octanol–water partition coefficient (Wildman–Crippen LogP) is 3.28. The van der Waals surface area contributed by atoms with Gasteiger partial charge in [0, 0.05) is 53.5 Å². The molecule has 0 saturated carbocycles. The van der Waals surface area contributed by atoms with E-state index in [0.717, 1.165) is 27.9 Å². The van der Waals surface area contributed by atoms with Crippen LogP contribution in [-0.2, 0) is 0 Å².